The zero-order chi connectivity index (χ0) is 10.5. The van der Waals surface area contributed by atoms with E-state index in [0.717, 1.165) is 11.3 Å². The SMILES string of the molecule is S=c1nccc(/C=C/c2ccccc2)[nH]1. The van der Waals surface area contributed by atoms with Gasteiger partial charge in [0.1, 0.15) is 0 Å². The molecule has 2 aromatic rings. The Balaban J connectivity index is 2.23. The number of aromatic amines is 1. The Hall–Kier alpha value is -1.74. The van der Waals surface area contributed by atoms with E-state index in [-0.39, 0.29) is 0 Å². The van der Waals surface area contributed by atoms with Crippen molar-refractivity contribution in [3.05, 3.63) is 58.6 Å². The number of rotatable bonds is 2. The first-order valence-corrected chi connectivity index (χ1v) is 5.04. The number of nitrogens with zero attached hydrogens (tertiary/aromatic N) is 1. The van der Waals surface area contributed by atoms with Crippen LogP contribution in [0.15, 0.2) is 42.6 Å². The van der Waals surface area contributed by atoms with Gasteiger partial charge in [-0.3, -0.25) is 0 Å². The van der Waals surface area contributed by atoms with Crippen molar-refractivity contribution in [3.63, 3.8) is 0 Å². The van der Waals surface area contributed by atoms with Gasteiger partial charge in [-0.05, 0) is 29.9 Å². The zero-order valence-corrected chi connectivity index (χ0v) is 8.87. The topological polar surface area (TPSA) is 28.7 Å². The molecule has 0 saturated carbocycles. The van der Waals surface area contributed by atoms with Crippen LogP contribution in [0.5, 0.6) is 0 Å². The average Bonchev–Trinajstić information content (AvgIpc) is 2.28. The lowest BCUT2D eigenvalue weighted by Gasteiger charge is -1.93. The standard InChI is InChI=1S/C12H10N2S/c15-12-13-9-8-11(14-12)7-6-10-4-2-1-3-5-10/h1-9H,(H,13,14,15)/b7-6+. The molecule has 0 unspecified atom stereocenters. The van der Waals surface area contributed by atoms with Crippen LogP contribution < -0.4 is 0 Å². The first-order valence-electron chi connectivity index (χ1n) is 4.63. The van der Waals surface area contributed by atoms with E-state index in [2.05, 4.69) is 9.97 Å². The molecule has 0 saturated heterocycles. The van der Waals surface area contributed by atoms with E-state index < -0.39 is 0 Å². The second kappa shape index (κ2) is 4.66. The highest BCUT2D eigenvalue weighted by Crippen LogP contribution is 2.04. The van der Waals surface area contributed by atoms with Crippen LogP contribution in [-0.2, 0) is 0 Å². The molecular weight excluding hydrogens is 204 g/mol. The van der Waals surface area contributed by atoms with Crippen molar-refractivity contribution in [2.24, 2.45) is 0 Å². The summed E-state index contributed by atoms with van der Waals surface area (Å²) in [6.45, 7) is 0. The molecule has 0 aliphatic carbocycles. The molecule has 3 heteroatoms. The molecule has 0 amide bonds. The van der Waals surface area contributed by atoms with Crippen molar-refractivity contribution < 1.29 is 0 Å². The molecule has 0 aliphatic rings. The van der Waals surface area contributed by atoms with Crippen molar-refractivity contribution in [1.29, 1.82) is 0 Å². The number of benzene rings is 1. The van der Waals surface area contributed by atoms with Crippen molar-refractivity contribution in [2.75, 3.05) is 0 Å². The van der Waals surface area contributed by atoms with Gasteiger partial charge in [0.25, 0.3) is 0 Å². The van der Waals surface area contributed by atoms with Crippen LogP contribution in [0.1, 0.15) is 11.3 Å². The second-order valence-corrected chi connectivity index (χ2v) is 3.46. The Bertz CT molecular complexity index is 514. The van der Waals surface area contributed by atoms with Crippen LogP contribution in [0.3, 0.4) is 0 Å². The maximum atomic E-state index is 4.93. The molecule has 0 radical (unpaired) electrons. The highest BCUT2D eigenvalue weighted by molar-refractivity contribution is 7.71. The summed E-state index contributed by atoms with van der Waals surface area (Å²) in [6, 6.07) is 12.0. The van der Waals surface area contributed by atoms with E-state index in [4.69, 9.17) is 12.2 Å². The maximum absolute atomic E-state index is 4.93. The third-order valence-corrected chi connectivity index (χ3v) is 2.16. The zero-order valence-electron chi connectivity index (χ0n) is 8.05. The lowest BCUT2D eigenvalue weighted by atomic mass is 10.2. The molecular formula is C12H10N2S. The molecule has 0 aliphatic heterocycles. The summed E-state index contributed by atoms with van der Waals surface area (Å²) in [4.78, 5) is 6.91. The van der Waals surface area contributed by atoms with E-state index >= 15 is 0 Å². The third kappa shape index (κ3) is 2.86. The monoisotopic (exact) mass is 214 g/mol. The summed E-state index contributed by atoms with van der Waals surface area (Å²) >= 11 is 4.93. The van der Waals surface area contributed by atoms with Gasteiger partial charge in [-0.25, -0.2) is 4.98 Å². The average molecular weight is 214 g/mol. The smallest absolute Gasteiger partial charge is 0.197 e. The van der Waals surface area contributed by atoms with Crippen LogP contribution >= 0.6 is 12.2 Å². The third-order valence-electron chi connectivity index (χ3n) is 1.95. The van der Waals surface area contributed by atoms with E-state index in [9.17, 15) is 0 Å². The van der Waals surface area contributed by atoms with Gasteiger partial charge in [-0.2, -0.15) is 0 Å². The summed E-state index contributed by atoms with van der Waals surface area (Å²) in [7, 11) is 0. The molecule has 1 N–H and O–H groups in total. The molecule has 74 valence electrons. The van der Waals surface area contributed by atoms with Crippen molar-refractivity contribution in [1.82, 2.24) is 9.97 Å². The highest BCUT2D eigenvalue weighted by Gasteiger charge is 1.86. The van der Waals surface area contributed by atoms with Crippen LogP contribution in [0.4, 0.5) is 0 Å². The molecule has 1 aromatic heterocycles. The van der Waals surface area contributed by atoms with Gasteiger partial charge >= 0.3 is 0 Å². The van der Waals surface area contributed by atoms with Gasteiger partial charge in [0.05, 0.1) is 0 Å². The van der Waals surface area contributed by atoms with E-state index in [1.54, 1.807) is 6.20 Å². The predicted molar refractivity (Wildman–Crippen MR) is 64.8 cm³/mol. The van der Waals surface area contributed by atoms with E-state index in [1.807, 2.05) is 48.6 Å². The maximum Gasteiger partial charge on any atom is 0.197 e. The lowest BCUT2D eigenvalue weighted by Crippen LogP contribution is -1.83. The Morgan fingerprint density at radius 1 is 1.07 bits per heavy atom. The molecule has 15 heavy (non-hydrogen) atoms. The first-order chi connectivity index (χ1) is 7.34. The molecule has 0 spiro atoms. The van der Waals surface area contributed by atoms with Crippen LogP contribution in [0, 0.1) is 4.77 Å². The number of H-pyrrole nitrogens is 1. The fourth-order valence-corrected chi connectivity index (χ4v) is 1.41. The Morgan fingerprint density at radius 3 is 2.60 bits per heavy atom. The van der Waals surface area contributed by atoms with Crippen LogP contribution in [0.25, 0.3) is 12.2 Å². The molecule has 2 nitrogen and oxygen atoms in total. The Kier molecular flexibility index (Phi) is 3.05. The first kappa shape index (κ1) is 9.80. The van der Waals surface area contributed by atoms with Gasteiger partial charge < -0.3 is 4.98 Å². The van der Waals surface area contributed by atoms with Gasteiger partial charge in [-0.15, -0.1) is 0 Å². The molecule has 0 fully saturated rings. The largest absolute Gasteiger partial charge is 0.331 e. The lowest BCUT2D eigenvalue weighted by molar-refractivity contribution is 1.12. The second-order valence-electron chi connectivity index (χ2n) is 3.07. The molecule has 0 atom stereocenters. The van der Waals surface area contributed by atoms with Gasteiger partial charge in [0, 0.05) is 11.9 Å². The van der Waals surface area contributed by atoms with Gasteiger partial charge in [0.2, 0.25) is 0 Å². The number of hydrogen-bond donors (Lipinski definition) is 1. The van der Waals surface area contributed by atoms with Crippen molar-refractivity contribution in [3.8, 4) is 0 Å². The predicted octanol–water partition coefficient (Wildman–Crippen LogP) is 3.31. The minimum Gasteiger partial charge on any atom is -0.331 e. The van der Waals surface area contributed by atoms with E-state index in [1.165, 1.54) is 0 Å². The van der Waals surface area contributed by atoms with Crippen LogP contribution in [0.2, 0.25) is 0 Å². The van der Waals surface area contributed by atoms with Gasteiger partial charge in [0.15, 0.2) is 4.77 Å². The number of aromatic nitrogens is 2. The minimum atomic E-state index is 0.505. The Labute approximate surface area is 93.3 Å². The summed E-state index contributed by atoms with van der Waals surface area (Å²) in [5.74, 6) is 0. The molecule has 2 rings (SSSR count). The Morgan fingerprint density at radius 2 is 1.87 bits per heavy atom. The summed E-state index contributed by atoms with van der Waals surface area (Å²) in [5.41, 5.74) is 2.12. The normalized spacial score (nSPS) is 10.7. The van der Waals surface area contributed by atoms with Crippen molar-refractivity contribution >= 4 is 24.4 Å². The summed E-state index contributed by atoms with van der Waals surface area (Å²) in [5, 5.41) is 0. The fourth-order valence-electron chi connectivity index (χ4n) is 1.23. The minimum absolute atomic E-state index is 0.505. The van der Waals surface area contributed by atoms with Gasteiger partial charge in [-0.1, -0.05) is 36.4 Å². The van der Waals surface area contributed by atoms with Crippen molar-refractivity contribution in [2.45, 2.75) is 0 Å². The number of nitrogens with one attached hydrogen (secondary N) is 1. The quantitative estimate of drug-likeness (QED) is 0.777. The summed E-state index contributed by atoms with van der Waals surface area (Å²) in [6.07, 6.45) is 5.71. The summed E-state index contributed by atoms with van der Waals surface area (Å²) < 4.78 is 0.505. The molecule has 0 bridgehead atoms. The molecule has 1 heterocycles. The number of hydrogen-bond acceptors (Lipinski definition) is 2. The molecule has 1 aromatic carbocycles. The fraction of sp³-hybridized carbons (Fsp3) is 0. The van der Waals surface area contributed by atoms with E-state index in [0.29, 0.717) is 4.77 Å². The highest BCUT2D eigenvalue weighted by atomic mass is 32.1. The van der Waals surface area contributed by atoms with Crippen LogP contribution in [-0.4, -0.2) is 9.97 Å².